The number of rotatable bonds is 10. The maximum Gasteiger partial charge on any atom is 0.264 e. The minimum absolute atomic E-state index is 0.125. The highest BCUT2D eigenvalue weighted by molar-refractivity contribution is 7.99. The Morgan fingerprint density at radius 3 is 2.50 bits per heavy atom. The number of thioether (sulfide) groups is 1. The Balaban J connectivity index is 1.69. The molecule has 1 aliphatic carbocycles. The zero-order valence-corrected chi connectivity index (χ0v) is 20.4. The van der Waals surface area contributed by atoms with Gasteiger partial charge in [-0.05, 0) is 55.7 Å². The molecule has 1 fully saturated rings. The SMILES string of the molecule is COc1ccc(S(=O)(=O)N(CC(=O)NCCSC2CCCCC2)c2ccccc2)cc1C. The van der Waals surface area contributed by atoms with Gasteiger partial charge in [-0.1, -0.05) is 37.5 Å². The Kier molecular flexibility index (Phi) is 8.87. The molecule has 32 heavy (non-hydrogen) atoms. The second kappa shape index (κ2) is 11.6. The van der Waals surface area contributed by atoms with Gasteiger partial charge < -0.3 is 10.1 Å². The van der Waals surface area contributed by atoms with Gasteiger partial charge in [0.25, 0.3) is 10.0 Å². The van der Waals surface area contributed by atoms with E-state index in [0.717, 1.165) is 10.1 Å². The van der Waals surface area contributed by atoms with E-state index in [-0.39, 0.29) is 17.3 Å². The van der Waals surface area contributed by atoms with Crippen LogP contribution in [-0.4, -0.2) is 45.5 Å². The molecule has 1 N–H and O–H groups in total. The number of carbonyl (C=O) groups excluding carboxylic acids is 1. The summed E-state index contributed by atoms with van der Waals surface area (Å²) in [6, 6.07) is 13.4. The third-order valence-corrected chi connectivity index (χ3v) is 8.77. The number of nitrogens with one attached hydrogen (secondary N) is 1. The summed E-state index contributed by atoms with van der Waals surface area (Å²) in [6.07, 6.45) is 6.41. The largest absolute Gasteiger partial charge is 0.496 e. The number of carbonyl (C=O) groups is 1. The zero-order valence-electron chi connectivity index (χ0n) is 18.7. The van der Waals surface area contributed by atoms with Gasteiger partial charge in [-0.3, -0.25) is 9.10 Å². The Bertz CT molecular complexity index is 990. The van der Waals surface area contributed by atoms with Crippen molar-refractivity contribution < 1.29 is 17.9 Å². The summed E-state index contributed by atoms with van der Waals surface area (Å²) in [5.74, 6) is 1.14. The molecule has 0 spiro atoms. The van der Waals surface area contributed by atoms with Crippen LogP contribution < -0.4 is 14.4 Å². The van der Waals surface area contributed by atoms with Crippen LogP contribution in [0.4, 0.5) is 5.69 Å². The van der Waals surface area contributed by atoms with Crippen LogP contribution in [0.5, 0.6) is 5.75 Å². The summed E-state index contributed by atoms with van der Waals surface area (Å²) in [4.78, 5) is 12.8. The van der Waals surface area contributed by atoms with Gasteiger partial charge in [0.05, 0.1) is 17.7 Å². The molecule has 1 saturated carbocycles. The van der Waals surface area contributed by atoms with Crippen molar-refractivity contribution in [1.29, 1.82) is 0 Å². The summed E-state index contributed by atoms with van der Waals surface area (Å²) in [5.41, 5.74) is 1.17. The number of ether oxygens (including phenoxy) is 1. The highest BCUT2D eigenvalue weighted by Gasteiger charge is 2.27. The second-order valence-corrected chi connectivity index (χ2v) is 11.2. The predicted octanol–water partition coefficient (Wildman–Crippen LogP) is 4.38. The molecule has 6 nitrogen and oxygen atoms in total. The topological polar surface area (TPSA) is 75.7 Å². The summed E-state index contributed by atoms with van der Waals surface area (Å²) in [6.45, 7) is 2.05. The fourth-order valence-electron chi connectivity index (χ4n) is 3.88. The molecule has 0 aromatic heterocycles. The van der Waals surface area contributed by atoms with E-state index >= 15 is 0 Å². The van der Waals surface area contributed by atoms with Gasteiger partial charge >= 0.3 is 0 Å². The number of benzene rings is 2. The van der Waals surface area contributed by atoms with Crippen LogP contribution in [0.1, 0.15) is 37.7 Å². The molecule has 2 aromatic rings. The molecule has 174 valence electrons. The molecule has 2 aromatic carbocycles. The van der Waals surface area contributed by atoms with Crippen LogP contribution in [0, 0.1) is 6.92 Å². The smallest absolute Gasteiger partial charge is 0.264 e. The van der Waals surface area contributed by atoms with Crippen molar-refractivity contribution in [3.63, 3.8) is 0 Å². The fraction of sp³-hybridized carbons (Fsp3) is 0.458. The molecule has 0 bridgehead atoms. The molecule has 3 rings (SSSR count). The molecule has 1 aliphatic rings. The monoisotopic (exact) mass is 476 g/mol. The lowest BCUT2D eigenvalue weighted by atomic mass is 10.0. The first-order valence-electron chi connectivity index (χ1n) is 11.0. The minimum atomic E-state index is -3.93. The van der Waals surface area contributed by atoms with Crippen molar-refractivity contribution in [1.82, 2.24) is 5.32 Å². The Morgan fingerprint density at radius 1 is 1.12 bits per heavy atom. The number of methoxy groups -OCH3 is 1. The lowest BCUT2D eigenvalue weighted by Gasteiger charge is -2.24. The van der Waals surface area contributed by atoms with E-state index in [1.165, 1.54) is 38.2 Å². The van der Waals surface area contributed by atoms with E-state index in [4.69, 9.17) is 4.74 Å². The Morgan fingerprint density at radius 2 is 1.84 bits per heavy atom. The second-order valence-electron chi connectivity index (χ2n) is 7.96. The number of anilines is 1. The van der Waals surface area contributed by atoms with E-state index in [1.54, 1.807) is 50.4 Å². The number of hydrogen-bond acceptors (Lipinski definition) is 5. The first-order valence-corrected chi connectivity index (χ1v) is 13.5. The Hall–Kier alpha value is -2.19. The van der Waals surface area contributed by atoms with Crippen molar-refractivity contribution in [2.45, 2.75) is 49.2 Å². The third-order valence-electron chi connectivity index (χ3n) is 5.62. The molecule has 1 amide bonds. The van der Waals surface area contributed by atoms with Gasteiger partial charge in [0.1, 0.15) is 12.3 Å². The fourth-order valence-corrected chi connectivity index (χ4v) is 6.61. The predicted molar refractivity (Wildman–Crippen MR) is 131 cm³/mol. The standard InChI is InChI=1S/C24H32N2O4S2/c1-19-17-22(13-14-23(19)30-2)32(28,29)26(20-9-5-3-6-10-20)18-24(27)25-15-16-31-21-11-7-4-8-12-21/h3,5-6,9-10,13-14,17,21H,4,7-8,11-12,15-16,18H2,1-2H3,(H,25,27). The number of sulfonamides is 1. The zero-order chi connectivity index (χ0) is 23.0. The molecule has 0 atom stereocenters. The summed E-state index contributed by atoms with van der Waals surface area (Å²) >= 11 is 1.90. The van der Waals surface area contributed by atoms with E-state index in [0.29, 0.717) is 28.8 Å². The van der Waals surface area contributed by atoms with Crippen LogP contribution >= 0.6 is 11.8 Å². The lowest BCUT2D eigenvalue weighted by molar-refractivity contribution is -0.119. The van der Waals surface area contributed by atoms with Crippen LogP contribution in [0.2, 0.25) is 0 Å². The highest BCUT2D eigenvalue weighted by Crippen LogP contribution is 2.28. The minimum Gasteiger partial charge on any atom is -0.496 e. The van der Waals surface area contributed by atoms with Crippen molar-refractivity contribution >= 4 is 33.4 Å². The number of para-hydroxylation sites is 1. The molecular weight excluding hydrogens is 444 g/mol. The van der Waals surface area contributed by atoms with Crippen molar-refractivity contribution in [3.05, 3.63) is 54.1 Å². The number of hydrogen-bond donors (Lipinski definition) is 1. The number of aryl methyl sites for hydroxylation is 1. The van der Waals surface area contributed by atoms with Gasteiger partial charge in [0.2, 0.25) is 5.91 Å². The van der Waals surface area contributed by atoms with E-state index in [9.17, 15) is 13.2 Å². The first kappa shape index (κ1) is 24.5. The van der Waals surface area contributed by atoms with Crippen LogP contribution in [0.15, 0.2) is 53.4 Å². The molecule has 0 saturated heterocycles. The van der Waals surface area contributed by atoms with Gasteiger partial charge in [0.15, 0.2) is 0 Å². The molecule has 8 heteroatoms. The van der Waals surface area contributed by atoms with Gasteiger partial charge in [-0.25, -0.2) is 8.42 Å². The normalized spacial score (nSPS) is 14.7. The Labute approximate surface area is 195 Å². The number of amides is 1. The van der Waals surface area contributed by atoms with E-state index in [2.05, 4.69) is 5.32 Å². The summed E-state index contributed by atoms with van der Waals surface area (Å²) < 4.78 is 33.3. The van der Waals surface area contributed by atoms with Crippen molar-refractivity contribution in [3.8, 4) is 5.75 Å². The molecule has 0 aliphatic heterocycles. The molecule has 0 radical (unpaired) electrons. The van der Waals surface area contributed by atoms with E-state index < -0.39 is 10.0 Å². The van der Waals surface area contributed by atoms with Crippen LogP contribution in [0.25, 0.3) is 0 Å². The van der Waals surface area contributed by atoms with E-state index in [1.807, 2.05) is 17.8 Å². The van der Waals surface area contributed by atoms with Gasteiger partial charge in [-0.15, -0.1) is 0 Å². The van der Waals surface area contributed by atoms with Crippen molar-refractivity contribution in [2.24, 2.45) is 0 Å². The quantitative estimate of drug-likeness (QED) is 0.515. The average molecular weight is 477 g/mol. The highest BCUT2D eigenvalue weighted by atomic mass is 32.2. The average Bonchev–Trinajstić information content (AvgIpc) is 2.81. The third kappa shape index (κ3) is 6.42. The summed E-state index contributed by atoms with van der Waals surface area (Å²) in [7, 11) is -2.39. The van der Waals surface area contributed by atoms with Crippen LogP contribution in [-0.2, 0) is 14.8 Å². The first-order chi connectivity index (χ1) is 15.4. The lowest BCUT2D eigenvalue weighted by Crippen LogP contribution is -2.41. The van der Waals surface area contributed by atoms with Gasteiger partial charge in [-0.2, -0.15) is 11.8 Å². The molecule has 0 unspecified atom stereocenters. The maximum atomic E-state index is 13.5. The summed E-state index contributed by atoms with van der Waals surface area (Å²) in [5, 5.41) is 3.57. The maximum absolute atomic E-state index is 13.5. The van der Waals surface area contributed by atoms with Crippen LogP contribution in [0.3, 0.4) is 0 Å². The molecule has 0 heterocycles. The number of nitrogens with zero attached hydrogens (tertiary/aromatic N) is 1. The van der Waals surface area contributed by atoms with Gasteiger partial charge in [0, 0.05) is 17.5 Å². The molecular formula is C24H32N2O4S2. The van der Waals surface area contributed by atoms with Crippen molar-refractivity contribution in [2.75, 3.05) is 30.3 Å².